The van der Waals surface area contributed by atoms with Crippen molar-refractivity contribution in [3.63, 3.8) is 0 Å². The summed E-state index contributed by atoms with van der Waals surface area (Å²) < 4.78 is 4.95. The van der Waals surface area contributed by atoms with Crippen molar-refractivity contribution in [1.82, 2.24) is 4.98 Å². The number of ether oxygens (including phenoxy) is 1. The number of hydrogen-bond donors (Lipinski definition) is 0. The Morgan fingerprint density at radius 3 is 2.92 bits per heavy atom. The fourth-order valence-electron chi connectivity index (χ4n) is 1.04. The van der Waals surface area contributed by atoms with Crippen LogP contribution in [0.15, 0.2) is 0 Å². The number of hydrogen-bond acceptors (Lipinski definition) is 4. The molecule has 0 saturated carbocycles. The summed E-state index contributed by atoms with van der Waals surface area (Å²) in [6.45, 7) is 2.53. The van der Waals surface area contributed by atoms with Gasteiger partial charge in [0.2, 0.25) is 0 Å². The van der Waals surface area contributed by atoms with Gasteiger partial charge in [-0.25, -0.2) is 4.98 Å². The first-order valence-electron chi connectivity index (χ1n) is 4.19. The molecule has 0 N–H and O–H groups in total. The minimum absolute atomic E-state index is 0.434. The number of rotatable bonds is 4. The van der Waals surface area contributed by atoms with Crippen LogP contribution in [0.3, 0.4) is 0 Å². The fourth-order valence-corrected chi connectivity index (χ4v) is 2.01. The van der Waals surface area contributed by atoms with E-state index in [-0.39, 0.29) is 0 Å². The van der Waals surface area contributed by atoms with Gasteiger partial charge in [0.25, 0.3) is 0 Å². The minimum atomic E-state index is 0.434. The van der Waals surface area contributed by atoms with Gasteiger partial charge >= 0.3 is 0 Å². The van der Waals surface area contributed by atoms with Crippen LogP contribution in [-0.4, -0.2) is 12.1 Å². The first-order valence-corrected chi connectivity index (χ1v) is 5.01. The molecule has 0 bridgehead atoms. The second-order valence-electron chi connectivity index (χ2n) is 2.68. The van der Waals surface area contributed by atoms with Crippen LogP contribution in [0.25, 0.3) is 0 Å². The lowest BCUT2D eigenvalue weighted by molar-refractivity contribution is 0.181. The van der Waals surface area contributed by atoms with Crippen LogP contribution in [0.4, 0.5) is 0 Å². The van der Waals surface area contributed by atoms with Crippen molar-refractivity contribution >= 4 is 11.3 Å². The van der Waals surface area contributed by atoms with Crippen molar-refractivity contribution in [2.75, 3.05) is 7.11 Å². The normalized spacial score (nSPS) is 9.92. The summed E-state index contributed by atoms with van der Waals surface area (Å²) in [6, 6.07) is 2.14. The second kappa shape index (κ2) is 4.95. The van der Waals surface area contributed by atoms with Crippen LogP contribution < -0.4 is 0 Å². The topological polar surface area (TPSA) is 45.9 Å². The third-order valence-electron chi connectivity index (χ3n) is 1.59. The lowest BCUT2D eigenvalue weighted by atomic mass is 10.3. The van der Waals surface area contributed by atoms with Gasteiger partial charge in [-0.1, -0.05) is 6.92 Å². The molecular weight excluding hydrogens is 184 g/mol. The van der Waals surface area contributed by atoms with Gasteiger partial charge in [-0.15, -0.1) is 11.3 Å². The zero-order valence-corrected chi connectivity index (χ0v) is 8.65. The summed E-state index contributed by atoms with van der Waals surface area (Å²) >= 11 is 1.47. The van der Waals surface area contributed by atoms with E-state index < -0.39 is 0 Å². The van der Waals surface area contributed by atoms with Crippen molar-refractivity contribution < 1.29 is 4.74 Å². The summed E-state index contributed by atoms with van der Waals surface area (Å²) in [7, 11) is 1.61. The Bertz CT molecular complexity index is 314. The van der Waals surface area contributed by atoms with Gasteiger partial charge in [-0.3, -0.25) is 0 Å². The molecule has 0 spiro atoms. The minimum Gasteiger partial charge on any atom is -0.378 e. The molecule has 4 heteroatoms. The van der Waals surface area contributed by atoms with E-state index in [1.165, 1.54) is 11.3 Å². The Morgan fingerprint density at radius 2 is 2.38 bits per heavy atom. The standard InChI is InChI=1S/C9H12N2OS/c1-3-4-9-11-7(6-12-2)8(5-10)13-9/h3-4,6H2,1-2H3. The van der Waals surface area contributed by atoms with Crippen LogP contribution in [-0.2, 0) is 17.8 Å². The molecule has 1 rings (SSSR count). The monoisotopic (exact) mass is 196 g/mol. The van der Waals surface area contributed by atoms with E-state index in [1.807, 2.05) is 0 Å². The molecule has 0 atom stereocenters. The highest BCUT2D eigenvalue weighted by Crippen LogP contribution is 2.19. The third-order valence-corrected chi connectivity index (χ3v) is 2.65. The van der Waals surface area contributed by atoms with Gasteiger partial charge in [-0.05, 0) is 12.8 Å². The van der Waals surface area contributed by atoms with Crippen molar-refractivity contribution in [2.24, 2.45) is 0 Å². The van der Waals surface area contributed by atoms with Crippen LogP contribution in [0.5, 0.6) is 0 Å². The Hall–Kier alpha value is -0.920. The molecule has 0 aliphatic rings. The van der Waals surface area contributed by atoms with Crippen LogP contribution in [0.2, 0.25) is 0 Å². The summed E-state index contributed by atoms with van der Waals surface area (Å²) in [5, 5.41) is 9.82. The smallest absolute Gasteiger partial charge is 0.130 e. The zero-order chi connectivity index (χ0) is 9.68. The van der Waals surface area contributed by atoms with E-state index in [0.717, 1.165) is 23.5 Å². The van der Waals surface area contributed by atoms with E-state index >= 15 is 0 Å². The number of methoxy groups -OCH3 is 1. The molecule has 0 fully saturated rings. The molecule has 0 aliphatic carbocycles. The van der Waals surface area contributed by atoms with E-state index in [1.54, 1.807) is 7.11 Å². The molecule has 1 aromatic heterocycles. The van der Waals surface area contributed by atoms with E-state index in [9.17, 15) is 0 Å². The Labute approximate surface area is 82.0 Å². The highest BCUT2D eigenvalue weighted by molar-refractivity contribution is 7.12. The maximum absolute atomic E-state index is 8.79. The maximum atomic E-state index is 8.79. The van der Waals surface area contributed by atoms with Crippen LogP contribution in [0.1, 0.15) is 28.9 Å². The van der Waals surface area contributed by atoms with Gasteiger partial charge in [0, 0.05) is 7.11 Å². The van der Waals surface area contributed by atoms with Gasteiger partial charge in [0.05, 0.1) is 17.3 Å². The molecule has 0 saturated heterocycles. The molecule has 0 radical (unpaired) electrons. The van der Waals surface area contributed by atoms with Gasteiger partial charge in [0.1, 0.15) is 10.9 Å². The molecular formula is C9H12N2OS. The lowest BCUT2D eigenvalue weighted by Gasteiger charge is -1.92. The molecule has 0 aliphatic heterocycles. The third kappa shape index (κ3) is 2.51. The summed E-state index contributed by atoms with van der Waals surface area (Å²) in [4.78, 5) is 5.02. The molecule has 3 nitrogen and oxygen atoms in total. The second-order valence-corrected chi connectivity index (χ2v) is 3.76. The predicted molar refractivity (Wildman–Crippen MR) is 51.5 cm³/mol. The van der Waals surface area contributed by atoms with Crippen molar-refractivity contribution in [3.8, 4) is 6.07 Å². The number of aromatic nitrogens is 1. The van der Waals surface area contributed by atoms with Crippen LogP contribution in [0, 0.1) is 11.3 Å². The molecule has 0 amide bonds. The predicted octanol–water partition coefficient (Wildman–Crippen LogP) is 2.11. The molecule has 70 valence electrons. The van der Waals surface area contributed by atoms with E-state index in [0.29, 0.717) is 11.5 Å². The Balaban J connectivity index is 2.85. The molecule has 13 heavy (non-hydrogen) atoms. The lowest BCUT2D eigenvalue weighted by Crippen LogP contribution is -1.91. The van der Waals surface area contributed by atoms with E-state index in [2.05, 4.69) is 18.0 Å². The Kier molecular flexibility index (Phi) is 3.87. The largest absolute Gasteiger partial charge is 0.378 e. The Morgan fingerprint density at radius 1 is 1.62 bits per heavy atom. The van der Waals surface area contributed by atoms with Gasteiger partial charge in [0.15, 0.2) is 0 Å². The summed E-state index contributed by atoms with van der Waals surface area (Å²) in [6.07, 6.45) is 2.01. The SMILES string of the molecule is CCCc1nc(COC)c(C#N)s1. The van der Waals surface area contributed by atoms with Crippen molar-refractivity contribution in [2.45, 2.75) is 26.4 Å². The maximum Gasteiger partial charge on any atom is 0.130 e. The van der Waals surface area contributed by atoms with Gasteiger partial charge in [-0.2, -0.15) is 5.26 Å². The quantitative estimate of drug-likeness (QED) is 0.741. The number of nitriles is 1. The average molecular weight is 196 g/mol. The van der Waals surface area contributed by atoms with Gasteiger partial charge < -0.3 is 4.74 Å². The first-order chi connectivity index (χ1) is 6.31. The highest BCUT2D eigenvalue weighted by Gasteiger charge is 2.09. The number of nitrogens with zero attached hydrogens (tertiary/aromatic N) is 2. The average Bonchev–Trinajstić information content (AvgIpc) is 2.49. The molecule has 1 aromatic rings. The summed E-state index contributed by atoms with van der Waals surface area (Å²) in [5.74, 6) is 0. The fraction of sp³-hybridized carbons (Fsp3) is 0.556. The molecule has 0 unspecified atom stereocenters. The highest BCUT2D eigenvalue weighted by atomic mass is 32.1. The zero-order valence-electron chi connectivity index (χ0n) is 7.83. The molecule has 0 aromatic carbocycles. The first kappa shape index (κ1) is 10.2. The van der Waals surface area contributed by atoms with Crippen molar-refractivity contribution in [3.05, 3.63) is 15.6 Å². The molecule has 1 heterocycles. The number of thiazole rings is 1. The van der Waals surface area contributed by atoms with E-state index in [4.69, 9.17) is 10.00 Å². The van der Waals surface area contributed by atoms with Crippen molar-refractivity contribution in [1.29, 1.82) is 5.26 Å². The summed E-state index contributed by atoms with van der Waals surface area (Å²) in [5.41, 5.74) is 0.776. The van der Waals surface area contributed by atoms with Crippen LogP contribution >= 0.6 is 11.3 Å². The number of aryl methyl sites for hydroxylation is 1.